The molecule has 2 rings (SSSR count). The van der Waals surface area contributed by atoms with Gasteiger partial charge in [0.25, 0.3) is 0 Å². The van der Waals surface area contributed by atoms with Gasteiger partial charge in [-0.1, -0.05) is 6.42 Å². The largest absolute Gasteiger partial charge is 0.315 e. The maximum Gasteiger partial charge on any atom is 0.0217 e. The third kappa shape index (κ3) is 4.23. The van der Waals surface area contributed by atoms with Gasteiger partial charge in [0.15, 0.2) is 0 Å². The van der Waals surface area contributed by atoms with E-state index in [0.29, 0.717) is 0 Å². The first kappa shape index (κ1) is 13.3. The third-order valence-corrected chi connectivity index (χ3v) is 4.57. The fourth-order valence-electron chi connectivity index (χ4n) is 3.12. The van der Waals surface area contributed by atoms with Crippen LogP contribution in [-0.4, -0.2) is 62.7 Å². The van der Waals surface area contributed by atoms with Crippen molar-refractivity contribution < 1.29 is 0 Å². The van der Waals surface area contributed by atoms with Gasteiger partial charge in [-0.2, -0.15) is 0 Å². The van der Waals surface area contributed by atoms with Crippen molar-refractivity contribution in [3.8, 4) is 0 Å². The van der Waals surface area contributed by atoms with Crippen LogP contribution in [0.3, 0.4) is 0 Å². The number of piperidine rings is 2. The molecule has 17 heavy (non-hydrogen) atoms. The van der Waals surface area contributed by atoms with E-state index in [1.807, 2.05) is 0 Å². The summed E-state index contributed by atoms with van der Waals surface area (Å²) in [5.41, 5.74) is 0. The van der Waals surface area contributed by atoms with E-state index in [0.717, 1.165) is 12.0 Å². The standard InChI is InChI=1S/C14H29N3/c1-16-9-6-13(7-10-16)11-15-12-14-5-3-4-8-17(14)2/h13-15H,3-12H2,1-2H3. The van der Waals surface area contributed by atoms with Crippen molar-refractivity contribution in [2.24, 2.45) is 5.92 Å². The highest BCUT2D eigenvalue weighted by Gasteiger charge is 2.20. The molecule has 0 aliphatic carbocycles. The highest BCUT2D eigenvalue weighted by Crippen LogP contribution is 2.16. The fraction of sp³-hybridized carbons (Fsp3) is 1.00. The Bertz CT molecular complexity index is 212. The zero-order valence-corrected chi connectivity index (χ0v) is 11.6. The molecule has 2 saturated heterocycles. The lowest BCUT2D eigenvalue weighted by molar-refractivity contribution is 0.173. The molecule has 0 aromatic rings. The van der Waals surface area contributed by atoms with Gasteiger partial charge in [-0.3, -0.25) is 0 Å². The molecule has 0 bridgehead atoms. The van der Waals surface area contributed by atoms with Crippen molar-refractivity contribution in [2.75, 3.05) is 46.8 Å². The molecule has 0 spiro atoms. The summed E-state index contributed by atoms with van der Waals surface area (Å²) < 4.78 is 0. The Labute approximate surface area is 107 Å². The smallest absolute Gasteiger partial charge is 0.0217 e. The summed E-state index contributed by atoms with van der Waals surface area (Å²) in [6.45, 7) is 6.30. The predicted octanol–water partition coefficient (Wildman–Crippen LogP) is 1.40. The van der Waals surface area contributed by atoms with Crippen LogP contribution in [0.1, 0.15) is 32.1 Å². The van der Waals surface area contributed by atoms with Crippen LogP contribution in [0.5, 0.6) is 0 Å². The number of hydrogen-bond acceptors (Lipinski definition) is 3. The van der Waals surface area contributed by atoms with Gasteiger partial charge < -0.3 is 15.1 Å². The van der Waals surface area contributed by atoms with Crippen LogP contribution in [0.4, 0.5) is 0 Å². The van der Waals surface area contributed by atoms with E-state index in [1.54, 1.807) is 0 Å². The molecule has 2 aliphatic heterocycles. The zero-order valence-electron chi connectivity index (χ0n) is 11.6. The molecule has 3 nitrogen and oxygen atoms in total. The predicted molar refractivity (Wildman–Crippen MR) is 73.4 cm³/mol. The molecule has 3 heteroatoms. The lowest BCUT2D eigenvalue weighted by Crippen LogP contribution is -2.44. The van der Waals surface area contributed by atoms with Crippen LogP contribution >= 0.6 is 0 Å². The Morgan fingerprint density at radius 2 is 1.71 bits per heavy atom. The van der Waals surface area contributed by atoms with E-state index >= 15 is 0 Å². The van der Waals surface area contributed by atoms with E-state index in [9.17, 15) is 0 Å². The summed E-state index contributed by atoms with van der Waals surface area (Å²) in [5, 5.41) is 3.71. The summed E-state index contributed by atoms with van der Waals surface area (Å²) in [6, 6.07) is 0.787. The van der Waals surface area contributed by atoms with Gasteiger partial charge in [0.1, 0.15) is 0 Å². The Kier molecular flexibility index (Phi) is 5.26. The molecular formula is C14H29N3. The van der Waals surface area contributed by atoms with Crippen LogP contribution in [0.15, 0.2) is 0 Å². The summed E-state index contributed by atoms with van der Waals surface area (Å²) in [6.07, 6.45) is 6.96. The van der Waals surface area contributed by atoms with Crippen LogP contribution < -0.4 is 5.32 Å². The minimum atomic E-state index is 0.787. The van der Waals surface area contributed by atoms with Crippen LogP contribution in [0, 0.1) is 5.92 Å². The van der Waals surface area contributed by atoms with Gasteiger partial charge >= 0.3 is 0 Å². The maximum atomic E-state index is 3.71. The molecule has 0 aromatic heterocycles. The second-order valence-corrected chi connectivity index (χ2v) is 6.04. The average Bonchev–Trinajstić information content (AvgIpc) is 2.34. The Morgan fingerprint density at radius 1 is 0.941 bits per heavy atom. The molecule has 0 radical (unpaired) electrons. The maximum absolute atomic E-state index is 3.71. The second kappa shape index (κ2) is 6.72. The minimum absolute atomic E-state index is 0.787. The first-order chi connectivity index (χ1) is 8.25. The number of nitrogens with zero attached hydrogens (tertiary/aromatic N) is 2. The first-order valence-corrected chi connectivity index (χ1v) is 7.35. The first-order valence-electron chi connectivity index (χ1n) is 7.35. The summed E-state index contributed by atoms with van der Waals surface area (Å²) in [4.78, 5) is 4.98. The highest BCUT2D eigenvalue weighted by molar-refractivity contribution is 4.78. The van der Waals surface area contributed by atoms with Gasteiger partial charge in [-0.15, -0.1) is 0 Å². The summed E-state index contributed by atoms with van der Waals surface area (Å²) >= 11 is 0. The number of likely N-dealkylation sites (tertiary alicyclic amines) is 2. The van der Waals surface area contributed by atoms with Gasteiger partial charge in [0.2, 0.25) is 0 Å². The topological polar surface area (TPSA) is 18.5 Å². The van der Waals surface area contributed by atoms with Crippen molar-refractivity contribution >= 4 is 0 Å². The summed E-state index contributed by atoms with van der Waals surface area (Å²) in [5.74, 6) is 0.917. The van der Waals surface area contributed by atoms with E-state index < -0.39 is 0 Å². The quantitative estimate of drug-likeness (QED) is 0.800. The van der Waals surface area contributed by atoms with Crippen molar-refractivity contribution in [1.82, 2.24) is 15.1 Å². The van der Waals surface area contributed by atoms with E-state index in [2.05, 4.69) is 29.2 Å². The average molecular weight is 239 g/mol. The van der Waals surface area contributed by atoms with E-state index in [4.69, 9.17) is 0 Å². The molecule has 2 aliphatic rings. The van der Waals surface area contributed by atoms with Gasteiger partial charge in [-0.25, -0.2) is 0 Å². The van der Waals surface area contributed by atoms with Crippen LogP contribution in [0.25, 0.3) is 0 Å². The SMILES string of the molecule is CN1CCC(CNCC2CCCCN2C)CC1. The van der Waals surface area contributed by atoms with Crippen LogP contribution in [0.2, 0.25) is 0 Å². The lowest BCUT2D eigenvalue weighted by Gasteiger charge is -2.34. The van der Waals surface area contributed by atoms with Crippen molar-refractivity contribution in [1.29, 1.82) is 0 Å². The molecule has 1 atom stereocenters. The number of nitrogens with one attached hydrogen (secondary N) is 1. The van der Waals surface area contributed by atoms with Crippen molar-refractivity contribution in [2.45, 2.75) is 38.1 Å². The fourth-order valence-corrected chi connectivity index (χ4v) is 3.12. The molecule has 2 fully saturated rings. The second-order valence-electron chi connectivity index (χ2n) is 6.04. The Balaban J connectivity index is 1.59. The highest BCUT2D eigenvalue weighted by atomic mass is 15.2. The molecule has 0 amide bonds. The minimum Gasteiger partial charge on any atom is -0.315 e. The van der Waals surface area contributed by atoms with Gasteiger partial charge in [-0.05, 0) is 71.9 Å². The number of hydrogen-bond donors (Lipinski definition) is 1. The number of rotatable bonds is 4. The Hall–Kier alpha value is -0.120. The lowest BCUT2D eigenvalue weighted by atomic mass is 9.97. The molecular weight excluding hydrogens is 210 g/mol. The van der Waals surface area contributed by atoms with E-state index in [-0.39, 0.29) is 0 Å². The molecule has 0 saturated carbocycles. The number of likely N-dealkylation sites (N-methyl/N-ethyl adjacent to an activating group) is 1. The van der Waals surface area contributed by atoms with E-state index in [1.165, 1.54) is 64.8 Å². The molecule has 2 heterocycles. The van der Waals surface area contributed by atoms with Crippen LogP contribution in [-0.2, 0) is 0 Å². The molecule has 1 unspecified atom stereocenters. The molecule has 0 aromatic carbocycles. The van der Waals surface area contributed by atoms with Crippen molar-refractivity contribution in [3.63, 3.8) is 0 Å². The van der Waals surface area contributed by atoms with Gasteiger partial charge in [0, 0.05) is 12.6 Å². The zero-order chi connectivity index (χ0) is 12.1. The van der Waals surface area contributed by atoms with Crippen molar-refractivity contribution in [3.05, 3.63) is 0 Å². The van der Waals surface area contributed by atoms with Gasteiger partial charge in [0.05, 0.1) is 0 Å². The monoisotopic (exact) mass is 239 g/mol. The summed E-state index contributed by atoms with van der Waals surface area (Å²) in [7, 11) is 4.52. The third-order valence-electron chi connectivity index (χ3n) is 4.57. The molecule has 1 N–H and O–H groups in total. The Morgan fingerprint density at radius 3 is 2.41 bits per heavy atom. The normalized spacial score (nSPS) is 29.6. The molecule has 100 valence electrons.